The topological polar surface area (TPSA) is 64.3 Å². The second-order valence-corrected chi connectivity index (χ2v) is 5.42. The first-order valence-electron chi connectivity index (χ1n) is 7.71. The SMILES string of the molecule is CCCOc1cncc(N(CC)C2CCC(N)CC2)n1. The quantitative estimate of drug-likeness (QED) is 0.865. The highest BCUT2D eigenvalue weighted by Gasteiger charge is 2.24. The zero-order valence-electron chi connectivity index (χ0n) is 12.6. The van der Waals surface area contributed by atoms with Crippen LogP contribution >= 0.6 is 0 Å². The first kappa shape index (κ1) is 15.0. The monoisotopic (exact) mass is 278 g/mol. The minimum Gasteiger partial charge on any atom is -0.477 e. The molecule has 0 radical (unpaired) electrons. The molecule has 112 valence electrons. The summed E-state index contributed by atoms with van der Waals surface area (Å²) in [6, 6.07) is 0.894. The van der Waals surface area contributed by atoms with Gasteiger partial charge in [0.2, 0.25) is 5.88 Å². The van der Waals surface area contributed by atoms with E-state index in [-0.39, 0.29) is 0 Å². The van der Waals surface area contributed by atoms with Gasteiger partial charge in [0.1, 0.15) is 0 Å². The summed E-state index contributed by atoms with van der Waals surface area (Å²) in [5, 5.41) is 0. The van der Waals surface area contributed by atoms with E-state index in [0.717, 1.165) is 44.5 Å². The Balaban J connectivity index is 2.06. The lowest BCUT2D eigenvalue weighted by Gasteiger charge is -2.36. The Bertz CT molecular complexity index is 405. The van der Waals surface area contributed by atoms with E-state index in [1.165, 1.54) is 0 Å². The van der Waals surface area contributed by atoms with Gasteiger partial charge in [-0.2, -0.15) is 4.98 Å². The average molecular weight is 278 g/mol. The molecular weight excluding hydrogens is 252 g/mol. The van der Waals surface area contributed by atoms with Crippen LogP contribution in [0.2, 0.25) is 0 Å². The predicted octanol–water partition coefficient (Wildman–Crippen LogP) is 2.36. The van der Waals surface area contributed by atoms with Crippen LogP contribution in [0.15, 0.2) is 12.4 Å². The van der Waals surface area contributed by atoms with E-state index in [1.807, 2.05) is 6.20 Å². The highest BCUT2D eigenvalue weighted by atomic mass is 16.5. The van der Waals surface area contributed by atoms with Crippen LogP contribution in [0, 0.1) is 0 Å². The molecule has 0 spiro atoms. The highest BCUT2D eigenvalue weighted by Crippen LogP contribution is 2.26. The van der Waals surface area contributed by atoms with E-state index in [1.54, 1.807) is 6.20 Å². The molecule has 1 aromatic heterocycles. The second-order valence-electron chi connectivity index (χ2n) is 5.42. The summed E-state index contributed by atoms with van der Waals surface area (Å²) >= 11 is 0. The van der Waals surface area contributed by atoms with Crippen molar-refractivity contribution in [2.75, 3.05) is 18.1 Å². The minimum absolute atomic E-state index is 0.371. The number of nitrogens with zero attached hydrogens (tertiary/aromatic N) is 3. The molecule has 5 heteroatoms. The number of rotatable bonds is 6. The Morgan fingerprint density at radius 2 is 2.00 bits per heavy atom. The number of hydrogen-bond acceptors (Lipinski definition) is 5. The van der Waals surface area contributed by atoms with Crippen molar-refractivity contribution in [2.45, 2.75) is 58.0 Å². The van der Waals surface area contributed by atoms with Gasteiger partial charge in [-0.25, -0.2) is 0 Å². The molecular formula is C15H26N4O. The van der Waals surface area contributed by atoms with Gasteiger partial charge < -0.3 is 15.4 Å². The molecule has 0 saturated heterocycles. The third-order valence-corrected chi connectivity index (χ3v) is 3.87. The second kappa shape index (κ2) is 7.43. The first-order valence-corrected chi connectivity index (χ1v) is 7.71. The van der Waals surface area contributed by atoms with Crippen molar-refractivity contribution in [1.29, 1.82) is 0 Å². The van der Waals surface area contributed by atoms with E-state index < -0.39 is 0 Å². The van der Waals surface area contributed by atoms with Gasteiger partial charge in [-0.1, -0.05) is 6.92 Å². The van der Waals surface area contributed by atoms with Gasteiger partial charge in [-0.15, -0.1) is 0 Å². The molecule has 0 amide bonds. The maximum Gasteiger partial charge on any atom is 0.234 e. The van der Waals surface area contributed by atoms with Crippen LogP contribution in [0.25, 0.3) is 0 Å². The minimum atomic E-state index is 0.371. The van der Waals surface area contributed by atoms with Crippen molar-refractivity contribution in [2.24, 2.45) is 5.73 Å². The van der Waals surface area contributed by atoms with E-state index in [0.29, 0.717) is 24.6 Å². The fourth-order valence-electron chi connectivity index (χ4n) is 2.77. The maximum absolute atomic E-state index is 5.99. The summed E-state index contributed by atoms with van der Waals surface area (Å²) in [5.41, 5.74) is 5.99. The summed E-state index contributed by atoms with van der Waals surface area (Å²) in [7, 11) is 0. The van der Waals surface area contributed by atoms with Crippen molar-refractivity contribution < 1.29 is 4.74 Å². The largest absolute Gasteiger partial charge is 0.477 e. The van der Waals surface area contributed by atoms with Gasteiger partial charge in [0.15, 0.2) is 5.82 Å². The van der Waals surface area contributed by atoms with Crippen molar-refractivity contribution in [3.05, 3.63) is 12.4 Å². The van der Waals surface area contributed by atoms with E-state index >= 15 is 0 Å². The summed E-state index contributed by atoms with van der Waals surface area (Å²) < 4.78 is 5.57. The third-order valence-electron chi connectivity index (χ3n) is 3.87. The summed E-state index contributed by atoms with van der Waals surface area (Å²) in [6.45, 7) is 5.87. The molecule has 0 unspecified atom stereocenters. The molecule has 0 aromatic carbocycles. The fourth-order valence-corrected chi connectivity index (χ4v) is 2.77. The number of hydrogen-bond donors (Lipinski definition) is 1. The molecule has 1 saturated carbocycles. The molecule has 0 aliphatic heterocycles. The third kappa shape index (κ3) is 3.82. The Morgan fingerprint density at radius 3 is 2.65 bits per heavy atom. The molecule has 0 bridgehead atoms. The van der Waals surface area contributed by atoms with Gasteiger partial charge in [0.05, 0.1) is 19.0 Å². The van der Waals surface area contributed by atoms with Crippen LogP contribution in [0.1, 0.15) is 46.0 Å². The molecule has 2 N–H and O–H groups in total. The zero-order chi connectivity index (χ0) is 14.4. The van der Waals surface area contributed by atoms with Crippen molar-refractivity contribution >= 4 is 5.82 Å². The molecule has 5 nitrogen and oxygen atoms in total. The summed E-state index contributed by atoms with van der Waals surface area (Å²) in [5.74, 6) is 1.54. The number of aromatic nitrogens is 2. The van der Waals surface area contributed by atoms with Crippen LogP contribution in [-0.4, -0.2) is 35.2 Å². The van der Waals surface area contributed by atoms with Gasteiger partial charge in [-0.3, -0.25) is 4.98 Å². The predicted molar refractivity (Wildman–Crippen MR) is 81.1 cm³/mol. The lowest BCUT2D eigenvalue weighted by atomic mass is 9.91. The standard InChI is InChI=1S/C15H26N4O/c1-3-9-20-15-11-17-10-14(18-15)19(4-2)13-7-5-12(16)6-8-13/h10-13H,3-9,16H2,1-2H3. The van der Waals surface area contributed by atoms with Gasteiger partial charge in [-0.05, 0) is 39.0 Å². The number of anilines is 1. The molecule has 1 aliphatic rings. The Kier molecular flexibility index (Phi) is 5.59. The van der Waals surface area contributed by atoms with E-state index in [9.17, 15) is 0 Å². The smallest absolute Gasteiger partial charge is 0.234 e. The van der Waals surface area contributed by atoms with Crippen molar-refractivity contribution in [3.8, 4) is 5.88 Å². The number of ether oxygens (including phenoxy) is 1. The molecule has 1 heterocycles. The van der Waals surface area contributed by atoms with Gasteiger partial charge in [0.25, 0.3) is 0 Å². The van der Waals surface area contributed by atoms with E-state index in [2.05, 4.69) is 28.7 Å². The zero-order valence-corrected chi connectivity index (χ0v) is 12.6. The van der Waals surface area contributed by atoms with Crippen LogP contribution in [0.4, 0.5) is 5.82 Å². The summed E-state index contributed by atoms with van der Waals surface area (Å²) in [4.78, 5) is 11.2. The molecule has 0 atom stereocenters. The maximum atomic E-state index is 5.99. The van der Waals surface area contributed by atoms with Crippen molar-refractivity contribution in [1.82, 2.24) is 9.97 Å². The van der Waals surface area contributed by atoms with Gasteiger partial charge in [0, 0.05) is 18.6 Å². The lowest BCUT2D eigenvalue weighted by molar-refractivity contribution is 0.303. The lowest BCUT2D eigenvalue weighted by Crippen LogP contribution is -2.41. The molecule has 1 aliphatic carbocycles. The Morgan fingerprint density at radius 1 is 1.25 bits per heavy atom. The highest BCUT2D eigenvalue weighted by molar-refractivity contribution is 5.39. The fraction of sp³-hybridized carbons (Fsp3) is 0.733. The summed E-state index contributed by atoms with van der Waals surface area (Å²) in [6.07, 6.45) is 8.96. The molecule has 2 rings (SSSR count). The Hall–Kier alpha value is -1.36. The van der Waals surface area contributed by atoms with Crippen LogP contribution < -0.4 is 15.4 Å². The Labute approximate surface area is 121 Å². The average Bonchev–Trinajstić information content (AvgIpc) is 2.48. The van der Waals surface area contributed by atoms with Crippen molar-refractivity contribution in [3.63, 3.8) is 0 Å². The van der Waals surface area contributed by atoms with Crippen LogP contribution in [-0.2, 0) is 0 Å². The molecule has 1 aromatic rings. The first-order chi connectivity index (χ1) is 9.74. The van der Waals surface area contributed by atoms with E-state index in [4.69, 9.17) is 10.5 Å². The van der Waals surface area contributed by atoms with Gasteiger partial charge >= 0.3 is 0 Å². The molecule has 1 fully saturated rings. The number of nitrogens with two attached hydrogens (primary N) is 1. The van der Waals surface area contributed by atoms with Crippen LogP contribution in [0.5, 0.6) is 5.88 Å². The molecule has 20 heavy (non-hydrogen) atoms. The van der Waals surface area contributed by atoms with Crippen LogP contribution in [0.3, 0.4) is 0 Å². The normalized spacial score (nSPS) is 22.6.